The van der Waals surface area contributed by atoms with Crippen LogP contribution in [0.25, 0.3) is 0 Å². The minimum absolute atomic E-state index is 0.122. The Morgan fingerprint density at radius 3 is 2.06 bits per heavy atom. The fraction of sp³-hybridized carbons (Fsp3) is 0.931. The van der Waals surface area contributed by atoms with Crippen molar-refractivity contribution in [2.75, 3.05) is 6.61 Å². The Morgan fingerprint density at radius 1 is 0.941 bits per heavy atom. The van der Waals surface area contributed by atoms with Gasteiger partial charge in [-0.25, -0.2) is 4.79 Å². The van der Waals surface area contributed by atoms with E-state index in [4.69, 9.17) is 9.47 Å². The van der Waals surface area contributed by atoms with Crippen molar-refractivity contribution in [2.24, 2.45) is 11.8 Å². The number of carbonyl (C=O) groups excluding carboxylic acids is 2. The highest BCUT2D eigenvalue weighted by Crippen LogP contribution is 2.31. The molecule has 0 radical (unpaired) electrons. The van der Waals surface area contributed by atoms with E-state index in [0.29, 0.717) is 24.7 Å². The third kappa shape index (κ3) is 14.3. The molecule has 200 valence electrons. The lowest BCUT2D eigenvalue weighted by atomic mass is 9.87. The van der Waals surface area contributed by atoms with Crippen LogP contribution in [0.4, 0.5) is 0 Å². The topological polar surface area (TPSA) is 64.6 Å². The molecule has 0 aliphatic carbocycles. The predicted molar refractivity (Wildman–Crippen MR) is 141 cm³/mol. The van der Waals surface area contributed by atoms with Crippen LogP contribution in [0.15, 0.2) is 0 Å². The van der Waals surface area contributed by atoms with Crippen LogP contribution in [0.2, 0.25) is 0 Å². The van der Waals surface area contributed by atoms with Gasteiger partial charge >= 0.3 is 5.97 Å². The normalized spacial score (nSPS) is 19.4. The van der Waals surface area contributed by atoms with Crippen LogP contribution in [-0.4, -0.2) is 37.2 Å². The quantitative estimate of drug-likeness (QED) is 0.0941. The van der Waals surface area contributed by atoms with E-state index in [1.165, 1.54) is 83.5 Å². The number of rotatable bonds is 23. The summed E-state index contributed by atoms with van der Waals surface area (Å²) in [6.45, 7) is 9.45. The summed E-state index contributed by atoms with van der Waals surface area (Å²) in [5.74, 6) is 0.615. The highest BCUT2D eigenvalue weighted by molar-refractivity contribution is 5.78. The molecule has 1 rings (SSSR count). The lowest BCUT2D eigenvalue weighted by Gasteiger charge is -2.39. The average molecular weight is 482 g/mol. The van der Waals surface area contributed by atoms with Gasteiger partial charge in [0.1, 0.15) is 12.1 Å². The van der Waals surface area contributed by atoms with Crippen LogP contribution in [-0.2, 0) is 19.1 Å². The fourth-order valence-corrected chi connectivity index (χ4v) is 4.93. The van der Waals surface area contributed by atoms with E-state index >= 15 is 0 Å². The molecule has 5 heteroatoms. The molecule has 0 bridgehead atoms. The lowest BCUT2D eigenvalue weighted by Crippen LogP contribution is -2.44. The van der Waals surface area contributed by atoms with Gasteiger partial charge in [-0.2, -0.15) is 0 Å². The molecule has 1 aliphatic rings. The second-order valence-corrected chi connectivity index (χ2v) is 10.9. The summed E-state index contributed by atoms with van der Waals surface area (Å²) in [5.41, 5.74) is 0. The van der Waals surface area contributed by atoms with Gasteiger partial charge in [0, 0.05) is 12.3 Å². The molecule has 0 unspecified atom stereocenters. The maximum absolute atomic E-state index is 12.9. The van der Waals surface area contributed by atoms with Crippen molar-refractivity contribution in [1.82, 2.24) is 5.32 Å². The van der Waals surface area contributed by atoms with E-state index in [-0.39, 0.29) is 18.2 Å². The Balaban J connectivity index is 2.50. The van der Waals surface area contributed by atoms with Crippen LogP contribution in [0, 0.1) is 11.8 Å². The Hall–Kier alpha value is -1.10. The molecular weight excluding hydrogens is 426 g/mol. The SMILES string of the molecule is CCCCCCCCCCC[C@H](C[C@@H]1OC[C@@H]1CCCCCC)OC(=O)[C@@H](CC(C)C)NC=O. The van der Waals surface area contributed by atoms with Gasteiger partial charge in [-0.05, 0) is 31.6 Å². The van der Waals surface area contributed by atoms with Gasteiger partial charge in [0.25, 0.3) is 0 Å². The summed E-state index contributed by atoms with van der Waals surface area (Å²) in [7, 11) is 0. The molecule has 0 aromatic carbocycles. The highest BCUT2D eigenvalue weighted by atomic mass is 16.6. The molecule has 0 spiro atoms. The number of hydrogen-bond acceptors (Lipinski definition) is 4. The Kier molecular flexibility index (Phi) is 18.3. The van der Waals surface area contributed by atoms with Crippen molar-refractivity contribution in [3.05, 3.63) is 0 Å². The number of hydrogen-bond donors (Lipinski definition) is 1. The minimum atomic E-state index is -0.560. The van der Waals surface area contributed by atoms with Gasteiger partial charge in [0.15, 0.2) is 0 Å². The second kappa shape index (κ2) is 20.1. The molecule has 4 atom stereocenters. The first-order chi connectivity index (χ1) is 16.5. The number of nitrogens with one attached hydrogen (secondary N) is 1. The molecular formula is C29H55NO4. The van der Waals surface area contributed by atoms with Gasteiger partial charge in [0.05, 0.1) is 12.7 Å². The van der Waals surface area contributed by atoms with Crippen molar-refractivity contribution >= 4 is 12.4 Å². The first-order valence-corrected chi connectivity index (χ1v) is 14.5. The van der Waals surface area contributed by atoms with Crippen molar-refractivity contribution < 1.29 is 19.1 Å². The molecule has 1 fully saturated rings. The number of esters is 1. The zero-order valence-corrected chi connectivity index (χ0v) is 22.8. The number of carbonyl (C=O) groups is 2. The zero-order chi connectivity index (χ0) is 25.0. The second-order valence-electron chi connectivity index (χ2n) is 10.9. The number of ether oxygens (including phenoxy) is 2. The predicted octanol–water partition coefficient (Wildman–Crippen LogP) is 7.36. The standard InChI is InChI=1S/C29H55NO4/c1-5-7-9-11-12-13-14-15-17-19-26(34-29(32)27(30-23-31)20-24(3)4)21-28-25(22-33-28)18-16-10-8-6-2/h23-28H,5-22H2,1-4H3,(H,30,31)/t25-,26+,27+,28-/m0/s1. The lowest BCUT2D eigenvalue weighted by molar-refractivity contribution is -0.164. The van der Waals surface area contributed by atoms with E-state index in [1.807, 2.05) is 0 Å². The zero-order valence-electron chi connectivity index (χ0n) is 22.8. The van der Waals surface area contributed by atoms with E-state index in [9.17, 15) is 9.59 Å². The van der Waals surface area contributed by atoms with Gasteiger partial charge < -0.3 is 14.8 Å². The van der Waals surface area contributed by atoms with Crippen LogP contribution in [0.3, 0.4) is 0 Å². The summed E-state index contributed by atoms with van der Waals surface area (Å²) >= 11 is 0. The fourth-order valence-electron chi connectivity index (χ4n) is 4.93. The third-order valence-corrected chi connectivity index (χ3v) is 7.15. The number of amides is 1. The smallest absolute Gasteiger partial charge is 0.328 e. The van der Waals surface area contributed by atoms with Crippen LogP contribution in [0.5, 0.6) is 0 Å². The Bertz CT molecular complexity index is 510. The summed E-state index contributed by atoms with van der Waals surface area (Å²) in [6.07, 6.45) is 20.9. The average Bonchev–Trinajstić information content (AvgIpc) is 2.79. The molecule has 1 amide bonds. The largest absolute Gasteiger partial charge is 0.461 e. The first-order valence-electron chi connectivity index (χ1n) is 14.5. The van der Waals surface area contributed by atoms with Crippen molar-refractivity contribution in [3.63, 3.8) is 0 Å². The summed E-state index contributed by atoms with van der Waals surface area (Å²) < 4.78 is 11.9. The van der Waals surface area contributed by atoms with Crippen molar-refractivity contribution in [2.45, 2.75) is 155 Å². The first kappa shape index (κ1) is 30.9. The molecule has 1 saturated heterocycles. The molecule has 1 heterocycles. The third-order valence-electron chi connectivity index (χ3n) is 7.15. The molecule has 5 nitrogen and oxygen atoms in total. The van der Waals surface area contributed by atoms with E-state index in [1.54, 1.807) is 0 Å². The van der Waals surface area contributed by atoms with Crippen molar-refractivity contribution in [3.8, 4) is 0 Å². The maximum Gasteiger partial charge on any atom is 0.328 e. The van der Waals surface area contributed by atoms with Crippen LogP contribution in [0.1, 0.15) is 137 Å². The number of unbranched alkanes of at least 4 members (excludes halogenated alkanes) is 11. The summed E-state index contributed by atoms with van der Waals surface area (Å²) in [5, 5.41) is 2.67. The molecule has 1 N–H and O–H groups in total. The van der Waals surface area contributed by atoms with E-state index in [2.05, 4.69) is 33.0 Å². The Morgan fingerprint density at radius 2 is 1.53 bits per heavy atom. The molecule has 34 heavy (non-hydrogen) atoms. The van der Waals surface area contributed by atoms with E-state index < -0.39 is 6.04 Å². The van der Waals surface area contributed by atoms with Crippen molar-refractivity contribution in [1.29, 1.82) is 0 Å². The van der Waals surface area contributed by atoms with Gasteiger partial charge in [-0.15, -0.1) is 0 Å². The molecule has 0 aromatic heterocycles. The highest BCUT2D eigenvalue weighted by Gasteiger charge is 2.35. The monoisotopic (exact) mass is 481 g/mol. The summed E-state index contributed by atoms with van der Waals surface area (Å²) in [6, 6.07) is -0.560. The maximum atomic E-state index is 12.9. The summed E-state index contributed by atoms with van der Waals surface area (Å²) in [4.78, 5) is 23.9. The van der Waals surface area contributed by atoms with Gasteiger partial charge in [0.2, 0.25) is 6.41 Å². The molecule has 0 saturated carbocycles. The molecule has 1 aliphatic heterocycles. The van der Waals surface area contributed by atoms with Gasteiger partial charge in [-0.1, -0.05) is 105 Å². The molecule has 0 aromatic rings. The van der Waals surface area contributed by atoms with Crippen LogP contribution >= 0.6 is 0 Å². The minimum Gasteiger partial charge on any atom is -0.461 e. The van der Waals surface area contributed by atoms with E-state index in [0.717, 1.165) is 25.9 Å². The van der Waals surface area contributed by atoms with Crippen LogP contribution < -0.4 is 5.32 Å². The van der Waals surface area contributed by atoms with Gasteiger partial charge in [-0.3, -0.25) is 4.79 Å². The Labute approximate surface area is 210 Å².